The molecular weight excluding hydrogens is 588 g/mol. The summed E-state index contributed by atoms with van der Waals surface area (Å²) in [6.45, 7) is 5.88. The number of nitrogens with zero attached hydrogens (tertiary/aromatic N) is 1. The highest BCUT2D eigenvalue weighted by atomic mass is 32.2. The molecule has 3 aromatic rings. The first-order chi connectivity index (χ1) is 21.0. The normalized spacial score (nSPS) is 14.5. The van der Waals surface area contributed by atoms with Gasteiger partial charge in [0.2, 0.25) is 24.8 Å². The van der Waals surface area contributed by atoms with E-state index in [1.807, 2.05) is 20.8 Å². The fourth-order valence-electron chi connectivity index (χ4n) is 4.67. The Morgan fingerprint density at radius 1 is 1.00 bits per heavy atom. The van der Waals surface area contributed by atoms with Crippen LogP contribution in [0.1, 0.15) is 66.3 Å². The number of rotatable bonds is 10. The smallest absolute Gasteiger partial charge is 0.279 e. The molecule has 0 aromatic heterocycles. The summed E-state index contributed by atoms with van der Waals surface area (Å²) in [5, 5.41) is 5.02. The van der Waals surface area contributed by atoms with Crippen LogP contribution in [0.4, 0.5) is 0 Å². The number of carbonyl (C=O) groups is 3. The number of aryl methyl sites for hydroxylation is 1. The fourth-order valence-corrected chi connectivity index (χ4v) is 5.65. The number of amides is 3. The Balaban J connectivity index is 1.44. The largest absolute Gasteiger partial charge is 0.475 e. The second kappa shape index (κ2) is 12.8. The van der Waals surface area contributed by atoms with Crippen LogP contribution in [0.2, 0.25) is 0 Å². The van der Waals surface area contributed by atoms with Gasteiger partial charge in [0, 0.05) is 11.1 Å². The van der Waals surface area contributed by atoms with E-state index < -0.39 is 27.9 Å². The fraction of sp³-hybridized carbons (Fsp3) is 0.290. The Hall–Kier alpha value is -4.91. The van der Waals surface area contributed by atoms with Crippen molar-refractivity contribution in [2.24, 2.45) is 4.99 Å². The van der Waals surface area contributed by atoms with Crippen molar-refractivity contribution < 1.29 is 37.0 Å². The highest BCUT2D eigenvalue weighted by Crippen LogP contribution is 2.36. The molecule has 0 spiro atoms. The summed E-state index contributed by atoms with van der Waals surface area (Å²) < 4.78 is 45.7. The van der Waals surface area contributed by atoms with Gasteiger partial charge in [0.1, 0.15) is 12.3 Å². The molecule has 5 rings (SSSR count). The minimum Gasteiger partial charge on any atom is -0.475 e. The van der Waals surface area contributed by atoms with Crippen molar-refractivity contribution in [2.75, 3.05) is 13.3 Å². The molecule has 0 saturated carbocycles. The van der Waals surface area contributed by atoms with Gasteiger partial charge in [0.15, 0.2) is 11.5 Å². The summed E-state index contributed by atoms with van der Waals surface area (Å²) in [6, 6.07) is 15.8. The third-order valence-corrected chi connectivity index (χ3v) is 8.35. The number of benzene rings is 3. The molecule has 44 heavy (non-hydrogen) atoms. The molecule has 2 aliphatic heterocycles. The number of aliphatic imine (C=N–C) groups is 1. The van der Waals surface area contributed by atoms with Crippen LogP contribution in [0.15, 0.2) is 70.6 Å². The van der Waals surface area contributed by atoms with Crippen molar-refractivity contribution in [1.82, 2.24) is 15.4 Å². The van der Waals surface area contributed by atoms with Crippen LogP contribution in [-0.2, 0) is 26.0 Å². The first-order valence-corrected chi connectivity index (χ1v) is 15.5. The maximum atomic E-state index is 13.7. The summed E-state index contributed by atoms with van der Waals surface area (Å²) >= 11 is 0. The molecule has 2 heterocycles. The summed E-state index contributed by atoms with van der Waals surface area (Å²) in [7, 11) is -4.24. The van der Waals surface area contributed by atoms with Crippen molar-refractivity contribution in [2.45, 2.75) is 50.5 Å². The monoisotopic (exact) mass is 620 g/mol. The van der Waals surface area contributed by atoms with E-state index in [1.54, 1.807) is 42.5 Å². The van der Waals surface area contributed by atoms with Gasteiger partial charge in [0.25, 0.3) is 21.8 Å². The quantitative estimate of drug-likeness (QED) is 0.311. The molecule has 3 amide bonds. The van der Waals surface area contributed by atoms with Crippen LogP contribution in [0.25, 0.3) is 0 Å². The van der Waals surface area contributed by atoms with Gasteiger partial charge in [0.05, 0.1) is 4.90 Å². The zero-order valence-electron chi connectivity index (χ0n) is 24.4. The number of hydrogen-bond donors (Lipinski definition) is 3. The van der Waals surface area contributed by atoms with Gasteiger partial charge in [-0.3, -0.25) is 25.0 Å². The molecule has 2 aliphatic rings. The molecule has 0 bridgehead atoms. The van der Waals surface area contributed by atoms with Crippen molar-refractivity contribution in [3.05, 3.63) is 82.9 Å². The third-order valence-electron chi connectivity index (χ3n) is 6.99. The van der Waals surface area contributed by atoms with Crippen LogP contribution in [0.5, 0.6) is 17.2 Å². The van der Waals surface area contributed by atoms with E-state index in [1.165, 1.54) is 18.2 Å². The number of ether oxygens (including phenoxy) is 3. The van der Waals surface area contributed by atoms with Gasteiger partial charge in [-0.05, 0) is 65.9 Å². The summed E-state index contributed by atoms with van der Waals surface area (Å²) in [6.07, 6.45) is -0.233. The second-order valence-electron chi connectivity index (χ2n) is 10.5. The number of carbonyl (C=O) groups excluding carboxylic acids is 3. The van der Waals surface area contributed by atoms with Crippen LogP contribution in [-0.4, -0.2) is 45.4 Å². The van der Waals surface area contributed by atoms with Crippen LogP contribution >= 0.6 is 0 Å². The van der Waals surface area contributed by atoms with Gasteiger partial charge >= 0.3 is 0 Å². The van der Waals surface area contributed by atoms with Gasteiger partial charge in [-0.1, -0.05) is 45.4 Å². The molecule has 230 valence electrons. The van der Waals surface area contributed by atoms with Crippen LogP contribution < -0.4 is 29.6 Å². The molecule has 0 radical (unpaired) electrons. The minimum absolute atomic E-state index is 0.0114. The molecule has 1 atom stereocenters. The van der Waals surface area contributed by atoms with Crippen LogP contribution in [0, 0.1) is 0 Å². The highest BCUT2D eigenvalue weighted by molar-refractivity contribution is 7.90. The average molecular weight is 621 g/mol. The first kappa shape index (κ1) is 30.5. The minimum atomic E-state index is -4.24. The zero-order chi connectivity index (χ0) is 31.4. The van der Waals surface area contributed by atoms with E-state index in [0.717, 1.165) is 5.56 Å². The van der Waals surface area contributed by atoms with E-state index in [-0.39, 0.29) is 47.3 Å². The van der Waals surface area contributed by atoms with Gasteiger partial charge in [-0.2, -0.15) is 0 Å². The SMILES string of the molecule is CCCc1cc(C(=O)NC2=NCC(=O)N2)ccc1OC(C(=O)NS(=O)(=O)c1ccc(C(C)C)cc1)c1ccc2c(c1)OCO2. The van der Waals surface area contributed by atoms with E-state index in [0.29, 0.717) is 35.5 Å². The lowest BCUT2D eigenvalue weighted by atomic mass is 10.0. The van der Waals surface area contributed by atoms with Crippen LogP contribution in [0.3, 0.4) is 0 Å². The molecule has 13 heteroatoms. The second-order valence-corrected chi connectivity index (χ2v) is 12.2. The predicted molar refractivity (Wildman–Crippen MR) is 160 cm³/mol. The number of sulfonamides is 1. The van der Waals surface area contributed by atoms with E-state index >= 15 is 0 Å². The zero-order valence-corrected chi connectivity index (χ0v) is 25.2. The Morgan fingerprint density at radius 3 is 2.41 bits per heavy atom. The number of hydrogen-bond acceptors (Lipinski definition) is 9. The third kappa shape index (κ3) is 6.83. The van der Waals surface area contributed by atoms with Crippen molar-refractivity contribution in [3.8, 4) is 17.2 Å². The molecule has 0 fully saturated rings. The Bertz CT molecular complexity index is 1740. The topological polar surface area (TPSA) is 161 Å². The number of fused-ring (bicyclic) bond motifs is 1. The average Bonchev–Trinajstić information content (AvgIpc) is 3.64. The summed E-state index contributed by atoms with van der Waals surface area (Å²) in [5.74, 6) is -0.307. The van der Waals surface area contributed by atoms with Gasteiger partial charge in [-0.15, -0.1) is 0 Å². The predicted octanol–water partition coefficient (Wildman–Crippen LogP) is 3.33. The standard InChI is InChI=1S/C31H32N4O8S/c1-4-5-20-14-22(29(37)34-31-32-16-27(36)33-31)9-12-24(20)43-28(21-8-13-25-26(15-21)42-17-41-25)30(38)35-44(39,40)23-10-6-19(7-11-23)18(2)3/h6-15,18,28H,4-5,16-17H2,1-3H3,(H,35,38)(H2,32,33,34,36,37). The molecule has 3 aromatic carbocycles. The molecule has 1 unspecified atom stereocenters. The lowest BCUT2D eigenvalue weighted by Crippen LogP contribution is -2.40. The van der Waals surface area contributed by atoms with E-state index in [4.69, 9.17) is 14.2 Å². The van der Waals surface area contributed by atoms with E-state index in [2.05, 4.69) is 20.3 Å². The summed E-state index contributed by atoms with van der Waals surface area (Å²) in [5.41, 5.74) is 2.18. The Labute approximate surface area is 254 Å². The highest BCUT2D eigenvalue weighted by Gasteiger charge is 2.30. The number of nitrogens with one attached hydrogen (secondary N) is 3. The first-order valence-electron chi connectivity index (χ1n) is 14.1. The Morgan fingerprint density at radius 2 is 1.73 bits per heavy atom. The number of guanidine groups is 1. The van der Waals surface area contributed by atoms with Crippen molar-refractivity contribution in [3.63, 3.8) is 0 Å². The summed E-state index contributed by atoms with van der Waals surface area (Å²) in [4.78, 5) is 41.8. The maximum Gasteiger partial charge on any atom is 0.279 e. The van der Waals surface area contributed by atoms with E-state index in [9.17, 15) is 22.8 Å². The van der Waals surface area contributed by atoms with Gasteiger partial charge < -0.3 is 14.2 Å². The Kier molecular flexibility index (Phi) is 8.86. The molecule has 0 aliphatic carbocycles. The molecular formula is C31H32N4O8S. The van der Waals surface area contributed by atoms with Crippen molar-refractivity contribution in [1.29, 1.82) is 0 Å². The molecule has 12 nitrogen and oxygen atoms in total. The molecule has 3 N–H and O–H groups in total. The van der Waals surface area contributed by atoms with Gasteiger partial charge in [-0.25, -0.2) is 18.1 Å². The molecule has 0 saturated heterocycles. The lowest BCUT2D eigenvalue weighted by molar-refractivity contribution is -0.126. The maximum absolute atomic E-state index is 13.7. The lowest BCUT2D eigenvalue weighted by Gasteiger charge is -2.22. The van der Waals surface area contributed by atoms with Crippen molar-refractivity contribution >= 4 is 33.7 Å².